The van der Waals surface area contributed by atoms with Crippen molar-refractivity contribution < 1.29 is 13.2 Å². The lowest BCUT2D eigenvalue weighted by Crippen LogP contribution is -2.38. The zero-order chi connectivity index (χ0) is 15.6. The average Bonchev–Trinajstić information content (AvgIpc) is 2.76. The zero-order valence-corrected chi connectivity index (χ0v) is 12.7. The van der Waals surface area contributed by atoms with Crippen molar-refractivity contribution in [3.8, 4) is 0 Å². The molecule has 2 atom stereocenters. The van der Waals surface area contributed by atoms with Crippen LogP contribution in [0.15, 0.2) is 28.4 Å². The van der Waals surface area contributed by atoms with Crippen LogP contribution in [0.1, 0.15) is 42.2 Å². The van der Waals surface area contributed by atoms with Gasteiger partial charge in [0.25, 0.3) is 11.5 Å². The maximum Gasteiger partial charge on any atom is 0.261 e. The van der Waals surface area contributed by atoms with Gasteiger partial charge in [0.05, 0.1) is 11.8 Å². The summed E-state index contributed by atoms with van der Waals surface area (Å²) in [7, 11) is -3.24. The van der Waals surface area contributed by atoms with E-state index in [1.807, 2.05) is 13.8 Å². The molecule has 1 aliphatic heterocycles. The van der Waals surface area contributed by atoms with Crippen molar-refractivity contribution in [2.75, 3.05) is 5.75 Å². The quantitative estimate of drug-likeness (QED) is 0.864. The van der Waals surface area contributed by atoms with Gasteiger partial charge in [-0.05, 0) is 30.5 Å². The lowest BCUT2D eigenvalue weighted by atomic mass is 10.0. The number of pyridine rings is 1. The highest BCUT2D eigenvalue weighted by Gasteiger charge is 2.24. The number of nitrogens with one attached hydrogen (secondary N) is 2. The first-order valence-corrected chi connectivity index (χ1v) is 8.49. The number of H-pyrrole nitrogens is 1. The van der Waals surface area contributed by atoms with E-state index in [1.54, 1.807) is 6.07 Å². The molecular formula is C14H18N2O4S. The van der Waals surface area contributed by atoms with Crippen LogP contribution in [0.2, 0.25) is 0 Å². The maximum absolute atomic E-state index is 12.0. The number of hydrogen-bond donors (Lipinski definition) is 2. The van der Waals surface area contributed by atoms with E-state index in [1.165, 1.54) is 12.1 Å². The van der Waals surface area contributed by atoms with Crippen molar-refractivity contribution >= 4 is 15.7 Å². The van der Waals surface area contributed by atoms with E-state index in [0.717, 1.165) is 17.5 Å². The molecule has 7 heteroatoms. The third kappa shape index (κ3) is 3.60. The van der Waals surface area contributed by atoms with Crippen molar-refractivity contribution in [3.63, 3.8) is 0 Å². The molecule has 0 aliphatic carbocycles. The molecule has 2 N–H and O–H groups in total. The van der Waals surface area contributed by atoms with E-state index in [4.69, 9.17) is 0 Å². The van der Waals surface area contributed by atoms with Crippen LogP contribution in [0, 0.1) is 0 Å². The summed E-state index contributed by atoms with van der Waals surface area (Å²) in [5.41, 5.74) is 0.303. The molecule has 1 amide bonds. The molecular weight excluding hydrogens is 292 g/mol. The lowest BCUT2D eigenvalue weighted by Gasteiger charge is -2.11. The molecule has 0 saturated heterocycles. The second-order valence-electron chi connectivity index (χ2n) is 5.20. The second-order valence-corrected chi connectivity index (χ2v) is 7.14. The molecule has 0 fully saturated rings. The van der Waals surface area contributed by atoms with E-state index in [9.17, 15) is 18.0 Å². The minimum Gasteiger partial charge on any atom is -0.345 e. The number of sulfone groups is 1. The summed E-state index contributed by atoms with van der Waals surface area (Å²) in [6.45, 7) is 4.00. The molecule has 2 heterocycles. The van der Waals surface area contributed by atoms with Crippen molar-refractivity contribution in [1.82, 2.24) is 10.3 Å². The summed E-state index contributed by atoms with van der Waals surface area (Å²) in [5, 5.41) is 3.61. The topological polar surface area (TPSA) is 96.1 Å². The van der Waals surface area contributed by atoms with Crippen molar-refractivity contribution in [2.45, 2.75) is 32.2 Å². The molecule has 114 valence electrons. The van der Waals surface area contributed by atoms with E-state index < -0.39 is 27.3 Å². The van der Waals surface area contributed by atoms with Crippen LogP contribution in [0.3, 0.4) is 0 Å². The number of rotatable bonds is 4. The van der Waals surface area contributed by atoms with Gasteiger partial charge in [-0.15, -0.1) is 0 Å². The number of amides is 1. The fourth-order valence-electron chi connectivity index (χ4n) is 2.09. The number of hydrogen-bond acceptors (Lipinski definition) is 4. The molecule has 2 rings (SSSR count). The Bertz CT molecular complexity index is 734. The molecule has 1 aromatic heterocycles. The molecule has 0 bridgehead atoms. The van der Waals surface area contributed by atoms with Crippen LogP contribution < -0.4 is 10.9 Å². The van der Waals surface area contributed by atoms with Gasteiger partial charge in [-0.3, -0.25) is 9.59 Å². The molecule has 0 radical (unpaired) electrons. The molecule has 0 aromatic carbocycles. The largest absolute Gasteiger partial charge is 0.345 e. The average molecular weight is 310 g/mol. The summed E-state index contributed by atoms with van der Waals surface area (Å²) < 4.78 is 22.5. The van der Waals surface area contributed by atoms with Gasteiger partial charge in [0.1, 0.15) is 5.56 Å². The zero-order valence-electron chi connectivity index (χ0n) is 11.9. The second kappa shape index (κ2) is 5.85. The molecule has 21 heavy (non-hydrogen) atoms. The minimum atomic E-state index is -3.24. The van der Waals surface area contributed by atoms with Gasteiger partial charge >= 0.3 is 0 Å². The Labute approximate surface area is 123 Å². The molecule has 1 aromatic rings. The Morgan fingerprint density at radius 3 is 2.71 bits per heavy atom. The highest BCUT2D eigenvalue weighted by atomic mass is 32.2. The summed E-state index contributed by atoms with van der Waals surface area (Å²) in [6.07, 6.45) is 2.29. The molecule has 0 spiro atoms. The lowest BCUT2D eigenvalue weighted by molar-refractivity contribution is 0.0946. The van der Waals surface area contributed by atoms with Gasteiger partial charge in [0, 0.05) is 11.1 Å². The summed E-state index contributed by atoms with van der Waals surface area (Å²) in [6, 6.07) is 2.60. The van der Waals surface area contributed by atoms with Crippen LogP contribution in [0.5, 0.6) is 0 Å². The number of carbonyl (C=O) groups excluding carboxylic acids is 1. The highest BCUT2D eigenvalue weighted by Crippen LogP contribution is 2.14. The van der Waals surface area contributed by atoms with Crippen molar-refractivity contribution in [3.05, 3.63) is 45.2 Å². The third-order valence-corrected chi connectivity index (χ3v) is 4.96. The smallest absolute Gasteiger partial charge is 0.261 e. The number of aromatic nitrogens is 1. The summed E-state index contributed by atoms with van der Waals surface area (Å²) >= 11 is 0. The summed E-state index contributed by atoms with van der Waals surface area (Å²) in [5.74, 6) is -0.530. The van der Waals surface area contributed by atoms with Crippen LogP contribution in [0.25, 0.3) is 0 Å². The van der Waals surface area contributed by atoms with Crippen LogP contribution >= 0.6 is 0 Å². The van der Waals surface area contributed by atoms with Gasteiger partial charge in [0.15, 0.2) is 9.84 Å². The van der Waals surface area contributed by atoms with Crippen molar-refractivity contribution in [1.29, 1.82) is 0 Å². The van der Waals surface area contributed by atoms with Gasteiger partial charge in [-0.1, -0.05) is 13.8 Å². The predicted octanol–water partition coefficient (Wildman–Crippen LogP) is 0.929. The predicted molar refractivity (Wildman–Crippen MR) is 79.9 cm³/mol. The standard InChI is InChI=1S/C14H18N2O4S/c1-3-9(2)12-5-4-11(14(18)16-12)13(17)15-10-6-7-21(19,20)8-10/h4-7,9-10H,3,8H2,1-2H3,(H,15,17)(H,16,18). The Hall–Kier alpha value is -1.89. The molecule has 2 unspecified atom stereocenters. The first-order valence-electron chi connectivity index (χ1n) is 6.77. The fraction of sp³-hybridized carbons (Fsp3) is 0.429. The van der Waals surface area contributed by atoms with Gasteiger partial charge in [-0.2, -0.15) is 0 Å². The van der Waals surface area contributed by atoms with Crippen LogP contribution in [0.4, 0.5) is 0 Å². The summed E-state index contributed by atoms with van der Waals surface area (Å²) in [4.78, 5) is 26.7. The van der Waals surface area contributed by atoms with Gasteiger partial charge in [-0.25, -0.2) is 8.42 Å². The molecule has 0 saturated carbocycles. The van der Waals surface area contributed by atoms with Crippen LogP contribution in [-0.2, 0) is 9.84 Å². The third-order valence-electron chi connectivity index (χ3n) is 3.57. The Morgan fingerprint density at radius 1 is 1.48 bits per heavy atom. The minimum absolute atomic E-state index is 0.0141. The molecule has 6 nitrogen and oxygen atoms in total. The Morgan fingerprint density at radius 2 is 2.19 bits per heavy atom. The normalized spacial score (nSPS) is 21.1. The van der Waals surface area contributed by atoms with E-state index in [0.29, 0.717) is 0 Å². The highest BCUT2D eigenvalue weighted by molar-refractivity contribution is 7.94. The fourth-order valence-corrected chi connectivity index (χ4v) is 3.32. The van der Waals surface area contributed by atoms with Gasteiger partial charge in [0.2, 0.25) is 0 Å². The van der Waals surface area contributed by atoms with E-state index in [-0.39, 0.29) is 17.2 Å². The van der Waals surface area contributed by atoms with Crippen molar-refractivity contribution in [2.24, 2.45) is 0 Å². The maximum atomic E-state index is 12.0. The van der Waals surface area contributed by atoms with Gasteiger partial charge < -0.3 is 10.3 Å². The Balaban J connectivity index is 2.14. The first kappa shape index (κ1) is 15.5. The van der Waals surface area contributed by atoms with E-state index in [2.05, 4.69) is 10.3 Å². The number of carbonyl (C=O) groups is 1. The first-order chi connectivity index (χ1) is 9.82. The number of aromatic amines is 1. The SMILES string of the molecule is CCC(C)c1ccc(C(=O)NC2C=CS(=O)(=O)C2)c(=O)[nH]1. The Kier molecular flexibility index (Phi) is 4.32. The monoisotopic (exact) mass is 310 g/mol. The van der Waals surface area contributed by atoms with E-state index >= 15 is 0 Å². The van der Waals surface area contributed by atoms with Crippen LogP contribution in [-0.4, -0.2) is 31.1 Å². The molecule has 1 aliphatic rings.